The first-order valence-corrected chi connectivity index (χ1v) is 8.89. The van der Waals surface area contributed by atoms with Crippen molar-refractivity contribution in [1.82, 2.24) is 4.98 Å². The van der Waals surface area contributed by atoms with E-state index in [1.807, 2.05) is 48.5 Å². The van der Waals surface area contributed by atoms with Gasteiger partial charge in [-0.05, 0) is 30.7 Å². The summed E-state index contributed by atoms with van der Waals surface area (Å²) in [5.41, 5.74) is 3.65. The summed E-state index contributed by atoms with van der Waals surface area (Å²) in [7, 11) is 0. The molecule has 126 valence electrons. The SMILES string of the molecule is O=C(CCl)Nc1c2c(nc3ccccc13)N(c1cccc(Cl)c1)CC2. The van der Waals surface area contributed by atoms with Crippen molar-refractivity contribution in [2.24, 2.45) is 0 Å². The maximum Gasteiger partial charge on any atom is 0.239 e. The number of hydrogen-bond acceptors (Lipinski definition) is 3. The largest absolute Gasteiger partial charge is 0.326 e. The highest BCUT2D eigenvalue weighted by atomic mass is 35.5. The minimum absolute atomic E-state index is 0.0799. The van der Waals surface area contributed by atoms with Crippen LogP contribution in [0.5, 0.6) is 0 Å². The molecule has 25 heavy (non-hydrogen) atoms. The summed E-state index contributed by atoms with van der Waals surface area (Å²) in [5, 5.41) is 4.56. The van der Waals surface area contributed by atoms with Crippen molar-refractivity contribution in [2.75, 3.05) is 22.6 Å². The molecule has 6 heteroatoms. The number of aromatic nitrogens is 1. The number of alkyl halides is 1. The lowest BCUT2D eigenvalue weighted by atomic mass is 10.1. The van der Waals surface area contributed by atoms with Crippen LogP contribution in [0.1, 0.15) is 5.56 Å². The Hall–Kier alpha value is -2.30. The van der Waals surface area contributed by atoms with Crippen LogP contribution in [0.2, 0.25) is 5.02 Å². The van der Waals surface area contributed by atoms with Crippen LogP contribution in [0.15, 0.2) is 48.5 Å². The van der Waals surface area contributed by atoms with Gasteiger partial charge in [0.1, 0.15) is 11.7 Å². The third kappa shape index (κ3) is 2.92. The first kappa shape index (κ1) is 16.2. The van der Waals surface area contributed by atoms with E-state index < -0.39 is 0 Å². The van der Waals surface area contributed by atoms with Gasteiger partial charge in [-0.3, -0.25) is 4.79 Å². The van der Waals surface area contributed by atoms with E-state index in [1.54, 1.807) is 0 Å². The fraction of sp³-hybridized carbons (Fsp3) is 0.158. The monoisotopic (exact) mass is 371 g/mol. The van der Waals surface area contributed by atoms with E-state index in [-0.39, 0.29) is 11.8 Å². The Kier molecular flexibility index (Phi) is 4.24. The Morgan fingerprint density at radius 3 is 2.84 bits per heavy atom. The van der Waals surface area contributed by atoms with E-state index in [9.17, 15) is 4.79 Å². The molecule has 0 spiro atoms. The highest BCUT2D eigenvalue weighted by Crippen LogP contribution is 2.41. The lowest BCUT2D eigenvalue weighted by Crippen LogP contribution is -2.15. The summed E-state index contributed by atoms with van der Waals surface area (Å²) in [6.45, 7) is 0.780. The van der Waals surface area contributed by atoms with Crippen LogP contribution in [-0.2, 0) is 11.2 Å². The first-order valence-electron chi connectivity index (χ1n) is 7.98. The number of nitrogens with zero attached hydrogens (tertiary/aromatic N) is 2. The topological polar surface area (TPSA) is 45.2 Å². The zero-order valence-electron chi connectivity index (χ0n) is 13.3. The van der Waals surface area contributed by atoms with Crippen molar-refractivity contribution in [3.63, 3.8) is 0 Å². The number of benzene rings is 2. The summed E-state index contributed by atoms with van der Waals surface area (Å²) in [5.74, 6) is 0.552. The molecule has 3 aromatic rings. The van der Waals surface area contributed by atoms with Gasteiger partial charge in [0, 0.05) is 28.2 Å². The fourth-order valence-electron chi connectivity index (χ4n) is 3.24. The Balaban J connectivity index is 1.89. The van der Waals surface area contributed by atoms with Gasteiger partial charge in [-0.1, -0.05) is 35.9 Å². The molecular weight excluding hydrogens is 357 g/mol. The van der Waals surface area contributed by atoms with E-state index in [2.05, 4.69) is 10.2 Å². The molecule has 0 saturated heterocycles. The molecule has 4 nitrogen and oxygen atoms in total. The van der Waals surface area contributed by atoms with Crippen molar-refractivity contribution in [3.05, 3.63) is 59.1 Å². The number of para-hydroxylation sites is 1. The summed E-state index contributed by atoms with van der Waals surface area (Å²) in [6, 6.07) is 15.5. The lowest BCUT2D eigenvalue weighted by molar-refractivity contribution is -0.113. The second-order valence-electron chi connectivity index (χ2n) is 5.87. The Labute approximate surface area is 155 Å². The van der Waals surface area contributed by atoms with Crippen molar-refractivity contribution in [3.8, 4) is 0 Å². The predicted octanol–water partition coefficient (Wildman–Crippen LogP) is 4.76. The normalized spacial score (nSPS) is 13.1. The summed E-state index contributed by atoms with van der Waals surface area (Å²) in [4.78, 5) is 18.9. The third-order valence-corrected chi connectivity index (χ3v) is 4.80. The van der Waals surface area contributed by atoms with Gasteiger partial charge in [0.15, 0.2) is 0 Å². The van der Waals surface area contributed by atoms with Crippen molar-refractivity contribution in [2.45, 2.75) is 6.42 Å². The number of carbonyl (C=O) groups excluding carboxylic acids is 1. The fourth-order valence-corrected chi connectivity index (χ4v) is 3.49. The van der Waals surface area contributed by atoms with Gasteiger partial charge in [0.2, 0.25) is 5.91 Å². The minimum atomic E-state index is -0.221. The molecule has 0 aliphatic carbocycles. The molecule has 1 amide bonds. The summed E-state index contributed by atoms with van der Waals surface area (Å²) in [6.07, 6.45) is 0.789. The molecule has 0 bridgehead atoms. The van der Waals surface area contributed by atoms with Crippen LogP contribution < -0.4 is 10.2 Å². The summed E-state index contributed by atoms with van der Waals surface area (Å²) < 4.78 is 0. The maximum absolute atomic E-state index is 11.9. The van der Waals surface area contributed by atoms with E-state index in [4.69, 9.17) is 28.2 Å². The number of halogens is 2. The molecule has 0 atom stereocenters. The Morgan fingerprint density at radius 2 is 2.04 bits per heavy atom. The second kappa shape index (κ2) is 6.54. The van der Waals surface area contributed by atoms with Gasteiger partial charge in [-0.25, -0.2) is 4.98 Å². The van der Waals surface area contributed by atoms with Crippen LogP contribution >= 0.6 is 23.2 Å². The van der Waals surface area contributed by atoms with Crippen LogP contribution in [0.25, 0.3) is 10.9 Å². The number of hydrogen-bond donors (Lipinski definition) is 1. The van der Waals surface area contributed by atoms with Gasteiger partial charge in [0.25, 0.3) is 0 Å². The van der Waals surface area contributed by atoms with Gasteiger partial charge in [-0.15, -0.1) is 11.6 Å². The third-order valence-electron chi connectivity index (χ3n) is 4.32. The number of carbonyl (C=O) groups is 1. The molecule has 0 radical (unpaired) electrons. The van der Waals surface area contributed by atoms with Gasteiger partial charge < -0.3 is 10.2 Å². The van der Waals surface area contributed by atoms with Crippen LogP contribution in [0.3, 0.4) is 0 Å². The van der Waals surface area contributed by atoms with E-state index in [1.165, 1.54) is 0 Å². The highest BCUT2D eigenvalue weighted by Gasteiger charge is 2.27. The van der Waals surface area contributed by atoms with Gasteiger partial charge in [-0.2, -0.15) is 0 Å². The number of amides is 1. The number of rotatable bonds is 3. The Bertz CT molecular complexity index is 974. The molecule has 1 aliphatic rings. The maximum atomic E-state index is 11.9. The quantitative estimate of drug-likeness (QED) is 0.675. The molecular formula is C19H15Cl2N3O. The highest BCUT2D eigenvalue weighted by molar-refractivity contribution is 6.31. The van der Waals surface area contributed by atoms with Crippen LogP contribution in [0.4, 0.5) is 17.2 Å². The zero-order chi connectivity index (χ0) is 17.4. The molecule has 0 unspecified atom stereocenters. The number of pyridine rings is 1. The molecule has 2 aromatic carbocycles. The first-order chi connectivity index (χ1) is 12.2. The average Bonchev–Trinajstić information content (AvgIpc) is 3.05. The van der Waals surface area contributed by atoms with Crippen LogP contribution in [0, 0.1) is 0 Å². The van der Waals surface area contributed by atoms with Crippen molar-refractivity contribution < 1.29 is 4.79 Å². The van der Waals surface area contributed by atoms with Gasteiger partial charge in [0.05, 0.1) is 11.2 Å². The molecule has 1 aliphatic heterocycles. The molecule has 2 heterocycles. The van der Waals surface area contributed by atoms with E-state index in [0.29, 0.717) is 5.02 Å². The van der Waals surface area contributed by atoms with E-state index >= 15 is 0 Å². The molecule has 4 rings (SSSR count). The van der Waals surface area contributed by atoms with Gasteiger partial charge >= 0.3 is 0 Å². The van der Waals surface area contributed by atoms with Crippen molar-refractivity contribution in [1.29, 1.82) is 0 Å². The molecule has 1 N–H and O–H groups in total. The number of fused-ring (bicyclic) bond motifs is 2. The lowest BCUT2D eigenvalue weighted by Gasteiger charge is -2.20. The van der Waals surface area contributed by atoms with E-state index in [0.717, 1.165) is 46.6 Å². The number of anilines is 3. The minimum Gasteiger partial charge on any atom is -0.326 e. The molecule has 1 aromatic heterocycles. The number of nitrogens with one attached hydrogen (secondary N) is 1. The molecule has 0 fully saturated rings. The average molecular weight is 372 g/mol. The summed E-state index contributed by atoms with van der Waals surface area (Å²) >= 11 is 11.8. The van der Waals surface area contributed by atoms with Crippen LogP contribution in [-0.4, -0.2) is 23.3 Å². The smallest absolute Gasteiger partial charge is 0.239 e. The second-order valence-corrected chi connectivity index (χ2v) is 6.57. The zero-order valence-corrected chi connectivity index (χ0v) is 14.8. The Morgan fingerprint density at radius 1 is 1.20 bits per heavy atom. The van der Waals surface area contributed by atoms with Crippen molar-refractivity contribution >= 4 is 57.2 Å². The predicted molar refractivity (Wildman–Crippen MR) is 103 cm³/mol. The standard InChI is InChI=1S/C19H15Cl2N3O/c20-11-17(25)23-18-14-6-1-2-7-16(14)22-19-15(18)8-9-24(19)13-5-3-4-12(21)10-13/h1-7,10H,8-9,11H2,(H,22,23,25). The molecule has 0 saturated carbocycles.